The van der Waals surface area contributed by atoms with E-state index < -0.39 is 11.7 Å². The van der Waals surface area contributed by atoms with Crippen LogP contribution in [-0.2, 0) is 13.5 Å². The number of fused-ring (bicyclic) bond motifs is 1. The molecule has 19 heavy (non-hydrogen) atoms. The lowest BCUT2D eigenvalue weighted by atomic mass is 9.95. The van der Waals surface area contributed by atoms with Crippen LogP contribution in [0.25, 0.3) is 0 Å². The van der Waals surface area contributed by atoms with Crippen LogP contribution in [0, 0.1) is 0 Å². The molecular weight excluding hydrogens is 248 g/mol. The average molecular weight is 264 g/mol. The highest BCUT2D eigenvalue weighted by atomic mass is 16.5. The van der Waals surface area contributed by atoms with E-state index in [1.165, 1.54) is 9.47 Å². The number of likely N-dealkylation sites (tertiary alicyclic amines) is 1. The molecule has 2 aliphatic heterocycles. The van der Waals surface area contributed by atoms with Crippen molar-refractivity contribution in [1.82, 2.24) is 9.47 Å². The van der Waals surface area contributed by atoms with E-state index in [0.717, 1.165) is 5.56 Å². The number of hydrogen-bond acceptors (Lipinski definition) is 3. The van der Waals surface area contributed by atoms with Crippen molar-refractivity contribution in [2.45, 2.75) is 31.4 Å². The highest BCUT2D eigenvalue weighted by Gasteiger charge is 2.49. The topological polar surface area (TPSA) is 71.8 Å². The second-order valence-corrected chi connectivity index (χ2v) is 5.54. The molecule has 3 rings (SSSR count). The van der Waals surface area contributed by atoms with E-state index in [2.05, 4.69) is 0 Å². The number of pyridine rings is 1. The first-order valence-electron chi connectivity index (χ1n) is 6.28. The van der Waals surface area contributed by atoms with Crippen LogP contribution in [0.2, 0.25) is 0 Å². The third-order valence-corrected chi connectivity index (χ3v) is 4.02. The molecule has 0 radical (unpaired) electrons. The van der Waals surface area contributed by atoms with Crippen LogP contribution in [0.5, 0.6) is 5.75 Å². The molecule has 2 aliphatic rings. The van der Waals surface area contributed by atoms with Crippen LogP contribution < -0.4 is 10.3 Å². The zero-order chi connectivity index (χ0) is 13.8. The van der Waals surface area contributed by atoms with Crippen molar-refractivity contribution in [2.75, 3.05) is 6.54 Å². The minimum Gasteiger partial charge on any atom is -0.483 e. The molecule has 6 heteroatoms. The number of hydrogen-bond donors (Lipinski definition) is 1. The van der Waals surface area contributed by atoms with Gasteiger partial charge in [-0.1, -0.05) is 0 Å². The lowest BCUT2D eigenvalue weighted by molar-refractivity contribution is 0.0958. The molecule has 1 fully saturated rings. The summed E-state index contributed by atoms with van der Waals surface area (Å²) >= 11 is 0. The van der Waals surface area contributed by atoms with E-state index in [9.17, 15) is 9.59 Å². The Morgan fingerprint density at radius 2 is 2.32 bits per heavy atom. The molecule has 6 nitrogen and oxygen atoms in total. The zero-order valence-electron chi connectivity index (χ0n) is 10.9. The van der Waals surface area contributed by atoms with Crippen LogP contribution in [0.3, 0.4) is 0 Å². The van der Waals surface area contributed by atoms with Gasteiger partial charge in [0.15, 0.2) is 0 Å². The second kappa shape index (κ2) is 3.76. The summed E-state index contributed by atoms with van der Waals surface area (Å²) in [7, 11) is 1.68. The highest BCUT2D eigenvalue weighted by Crippen LogP contribution is 2.41. The Balaban J connectivity index is 1.92. The number of carboxylic acid groups (broad SMARTS) is 1. The Morgan fingerprint density at radius 3 is 2.95 bits per heavy atom. The number of nitrogens with zero attached hydrogens (tertiary/aromatic N) is 2. The van der Waals surface area contributed by atoms with Crippen molar-refractivity contribution >= 4 is 6.09 Å². The van der Waals surface area contributed by atoms with Crippen LogP contribution >= 0.6 is 0 Å². The first-order valence-corrected chi connectivity index (χ1v) is 6.28. The van der Waals surface area contributed by atoms with E-state index in [1.807, 2.05) is 6.92 Å². The summed E-state index contributed by atoms with van der Waals surface area (Å²) in [5.74, 6) is 0.696. The van der Waals surface area contributed by atoms with E-state index in [-0.39, 0.29) is 11.6 Å². The first-order chi connectivity index (χ1) is 8.90. The smallest absolute Gasteiger partial charge is 0.407 e. The number of amides is 1. The monoisotopic (exact) mass is 264 g/mol. The SMILES string of the molecule is C[C@H]1C[C@]2(Cc3cc(=O)n(C)cc3O2)CN1C(=O)O. The lowest BCUT2D eigenvalue weighted by Gasteiger charge is -2.22. The summed E-state index contributed by atoms with van der Waals surface area (Å²) in [6.07, 6.45) is 2.03. The van der Waals surface area contributed by atoms with E-state index >= 15 is 0 Å². The van der Waals surface area contributed by atoms with Gasteiger partial charge in [-0.2, -0.15) is 0 Å². The van der Waals surface area contributed by atoms with Gasteiger partial charge in [0, 0.05) is 43.8 Å². The number of rotatable bonds is 0. The Bertz CT molecular complexity index is 609. The molecule has 1 amide bonds. The number of aromatic nitrogens is 1. The summed E-state index contributed by atoms with van der Waals surface area (Å²) in [4.78, 5) is 24.2. The van der Waals surface area contributed by atoms with Crippen molar-refractivity contribution in [2.24, 2.45) is 7.05 Å². The van der Waals surface area contributed by atoms with Gasteiger partial charge in [-0.3, -0.25) is 4.79 Å². The van der Waals surface area contributed by atoms with Gasteiger partial charge in [0.2, 0.25) is 0 Å². The first kappa shape index (κ1) is 12.1. The van der Waals surface area contributed by atoms with Gasteiger partial charge >= 0.3 is 6.09 Å². The van der Waals surface area contributed by atoms with Crippen LogP contribution in [0.4, 0.5) is 4.79 Å². The van der Waals surface area contributed by atoms with Gasteiger partial charge in [-0.15, -0.1) is 0 Å². The predicted octanol–water partition coefficient (Wildman–Crippen LogP) is 0.831. The van der Waals surface area contributed by atoms with Crippen molar-refractivity contribution < 1.29 is 14.6 Å². The second-order valence-electron chi connectivity index (χ2n) is 5.54. The maximum Gasteiger partial charge on any atom is 0.407 e. The standard InChI is InChI=1S/C13H16N2O4/c1-8-4-13(7-15(8)12(17)18)5-9-3-11(16)14(2)6-10(9)19-13/h3,6,8H,4-5,7H2,1-2H3,(H,17,18)/t8-,13-/m0/s1. The van der Waals surface area contributed by atoms with Crippen molar-refractivity contribution in [3.8, 4) is 5.75 Å². The fourth-order valence-corrected chi connectivity index (χ4v) is 3.13. The molecule has 0 aromatic carbocycles. The molecule has 0 saturated carbocycles. The number of aryl methyl sites for hydroxylation is 1. The summed E-state index contributed by atoms with van der Waals surface area (Å²) < 4.78 is 7.45. The van der Waals surface area contributed by atoms with Crippen molar-refractivity contribution in [3.63, 3.8) is 0 Å². The molecular formula is C13H16N2O4. The Labute approximate surface area is 110 Å². The molecule has 0 unspecified atom stereocenters. The van der Waals surface area contributed by atoms with Gasteiger partial charge in [-0.05, 0) is 6.92 Å². The molecule has 0 aliphatic carbocycles. The predicted molar refractivity (Wildman–Crippen MR) is 67.6 cm³/mol. The van der Waals surface area contributed by atoms with Gasteiger partial charge in [0.25, 0.3) is 5.56 Å². The van der Waals surface area contributed by atoms with Crippen molar-refractivity contribution in [3.05, 3.63) is 28.2 Å². The summed E-state index contributed by atoms with van der Waals surface area (Å²) in [5, 5.41) is 9.15. The van der Waals surface area contributed by atoms with Gasteiger partial charge in [0.1, 0.15) is 11.4 Å². The molecule has 1 aromatic rings. The number of ether oxygens (including phenoxy) is 1. The highest BCUT2D eigenvalue weighted by molar-refractivity contribution is 5.66. The quantitative estimate of drug-likeness (QED) is 0.753. The average Bonchev–Trinajstić information content (AvgIpc) is 2.80. The lowest BCUT2D eigenvalue weighted by Crippen LogP contribution is -2.39. The van der Waals surface area contributed by atoms with Gasteiger partial charge < -0.3 is 19.3 Å². The van der Waals surface area contributed by atoms with Crippen molar-refractivity contribution in [1.29, 1.82) is 0 Å². The van der Waals surface area contributed by atoms with Gasteiger partial charge in [-0.25, -0.2) is 4.79 Å². The Kier molecular flexibility index (Phi) is 2.39. The molecule has 1 aromatic heterocycles. The third kappa shape index (κ3) is 1.78. The van der Waals surface area contributed by atoms with E-state index in [0.29, 0.717) is 25.1 Å². The summed E-state index contributed by atoms with van der Waals surface area (Å²) in [5.41, 5.74) is 0.309. The zero-order valence-corrected chi connectivity index (χ0v) is 10.9. The van der Waals surface area contributed by atoms with Crippen LogP contribution in [0.15, 0.2) is 17.1 Å². The third-order valence-electron chi connectivity index (χ3n) is 4.02. The summed E-state index contributed by atoms with van der Waals surface area (Å²) in [6.45, 7) is 2.24. The molecule has 2 atom stereocenters. The molecule has 1 spiro atoms. The Morgan fingerprint density at radius 1 is 1.58 bits per heavy atom. The van der Waals surface area contributed by atoms with E-state index in [4.69, 9.17) is 9.84 Å². The normalized spacial score (nSPS) is 28.5. The molecule has 3 heterocycles. The Hall–Kier alpha value is -1.98. The minimum atomic E-state index is -0.918. The molecule has 1 saturated heterocycles. The van der Waals surface area contributed by atoms with Crippen LogP contribution in [-0.4, -0.2) is 38.9 Å². The maximum atomic E-state index is 11.6. The fraction of sp³-hybridized carbons (Fsp3) is 0.538. The molecule has 102 valence electrons. The number of carbonyl (C=O) groups is 1. The largest absolute Gasteiger partial charge is 0.483 e. The maximum absolute atomic E-state index is 11.6. The van der Waals surface area contributed by atoms with Crippen LogP contribution in [0.1, 0.15) is 18.9 Å². The molecule has 1 N–H and O–H groups in total. The fourth-order valence-electron chi connectivity index (χ4n) is 3.13. The van der Waals surface area contributed by atoms with E-state index in [1.54, 1.807) is 19.3 Å². The minimum absolute atomic E-state index is 0.0627. The summed E-state index contributed by atoms with van der Waals surface area (Å²) in [6, 6.07) is 1.52. The van der Waals surface area contributed by atoms with Gasteiger partial charge in [0.05, 0.1) is 6.54 Å². The molecule has 0 bridgehead atoms.